The molecule has 142 valence electrons. The molecule has 0 aromatic carbocycles. The van der Waals surface area contributed by atoms with E-state index in [9.17, 15) is 14.4 Å². The van der Waals surface area contributed by atoms with Crippen LogP contribution in [0.2, 0.25) is 0 Å². The summed E-state index contributed by atoms with van der Waals surface area (Å²) in [5.41, 5.74) is 2.24. The zero-order chi connectivity index (χ0) is 19.0. The Hall–Kier alpha value is -1.77. The number of hydrogen-bond acceptors (Lipinski definition) is 5. The number of amidine groups is 1. The first-order valence-electron chi connectivity index (χ1n) is 8.46. The van der Waals surface area contributed by atoms with Crippen molar-refractivity contribution in [2.45, 2.75) is 46.1 Å². The van der Waals surface area contributed by atoms with Crippen molar-refractivity contribution in [3.63, 3.8) is 0 Å². The summed E-state index contributed by atoms with van der Waals surface area (Å²) >= 11 is 1.48. The summed E-state index contributed by atoms with van der Waals surface area (Å²) in [5.74, 6) is -0.185. The molecular formula is C16H28N4O4S. The van der Waals surface area contributed by atoms with Gasteiger partial charge < -0.3 is 15.3 Å². The highest BCUT2D eigenvalue weighted by atomic mass is 32.2. The molecule has 1 fully saturated rings. The highest BCUT2D eigenvalue weighted by molar-refractivity contribution is 8.14. The van der Waals surface area contributed by atoms with Crippen molar-refractivity contribution in [2.24, 2.45) is 16.9 Å². The SMILES string of the molecule is CC(C)CCC(C)CC(NC(=O)O)C(=O)C(=O)NN=C1SCCN1C. The fourth-order valence-electron chi connectivity index (χ4n) is 2.43. The second kappa shape index (κ2) is 10.3. The van der Waals surface area contributed by atoms with Gasteiger partial charge in [0.1, 0.15) is 6.04 Å². The summed E-state index contributed by atoms with van der Waals surface area (Å²) < 4.78 is 0. The molecule has 0 aliphatic carbocycles. The maximum Gasteiger partial charge on any atom is 0.405 e. The van der Waals surface area contributed by atoms with Gasteiger partial charge in [-0.3, -0.25) is 9.59 Å². The quantitative estimate of drug-likeness (QED) is 0.420. The molecule has 0 bridgehead atoms. The monoisotopic (exact) mass is 372 g/mol. The minimum atomic E-state index is -1.32. The lowest BCUT2D eigenvalue weighted by atomic mass is 9.92. The van der Waals surface area contributed by atoms with Crippen molar-refractivity contribution < 1.29 is 19.5 Å². The number of nitrogens with one attached hydrogen (secondary N) is 2. The van der Waals surface area contributed by atoms with Crippen LogP contribution in [0.4, 0.5) is 4.79 Å². The van der Waals surface area contributed by atoms with Gasteiger partial charge in [0, 0.05) is 19.3 Å². The Balaban J connectivity index is 2.64. The first-order chi connectivity index (χ1) is 11.7. The first kappa shape index (κ1) is 21.3. The van der Waals surface area contributed by atoms with Crippen LogP contribution in [0.5, 0.6) is 0 Å². The van der Waals surface area contributed by atoms with E-state index in [1.807, 2.05) is 18.9 Å². The number of ketones is 1. The number of nitrogens with zero attached hydrogens (tertiary/aromatic N) is 2. The largest absolute Gasteiger partial charge is 0.465 e. The van der Waals surface area contributed by atoms with E-state index < -0.39 is 23.8 Å². The molecule has 1 aliphatic rings. The summed E-state index contributed by atoms with van der Waals surface area (Å²) in [4.78, 5) is 37.2. The number of carbonyl (C=O) groups is 3. The van der Waals surface area contributed by atoms with Gasteiger partial charge in [-0.25, -0.2) is 10.2 Å². The van der Waals surface area contributed by atoms with Gasteiger partial charge in [0.05, 0.1) is 0 Å². The third-order valence-corrected chi connectivity index (χ3v) is 5.00. The Morgan fingerprint density at radius 2 is 1.96 bits per heavy atom. The third kappa shape index (κ3) is 7.76. The Morgan fingerprint density at radius 1 is 1.28 bits per heavy atom. The predicted octanol–water partition coefficient (Wildman–Crippen LogP) is 1.72. The van der Waals surface area contributed by atoms with Gasteiger partial charge in [-0.05, 0) is 18.3 Å². The number of thioether (sulfide) groups is 1. The maximum atomic E-state index is 12.3. The molecule has 2 unspecified atom stereocenters. The molecule has 8 nitrogen and oxygen atoms in total. The molecule has 1 rings (SSSR count). The van der Waals surface area contributed by atoms with Gasteiger partial charge in [-0.1, -0.05) is 45.4 Å². The molecule has 1 saturated heterocycles. The van der Waals surface area contributed by atoms with Crippen LogP contribution in [0.25, 0.3) is 0 Å². The molecule has 2 amide bonds. The number of carboxylic acid groups (broad SMARTS) is 1. The second-order valence-corrected chi connectivity index (χ2v) is 7.85. The Bertz CT molecular complexity index is 524. The van der Waals surface area contributed by atoms with Crippen molar-refractivity contribution in [2.75, 3.05) is 19.3 Å². The number of hydrazone groups is 1. The summed E-state index contributed by atoms with van der Waals surface area (Å²) in [5, 5.41) is 15.7. The van der Waals surface area contributed by atoms with Crippen LogP contribution < -0.4 is 10.7 Å². The van der Waals surface area contributed by atoms with E-state index in [1.54, 1.807) is 0 Å². The third-order valence-electron chi connectivity index (χ3n) is 3.95. The highest BCUT2D eigenvalue weighted by Crippen LogP contribution is 2.17. The minimum Gasteiger partial charge on any atom is -0.465 e. The van der Waals surface area contributed by atoms with E-state index in [2.05, 4.69) is 29.7 Å². The average molecular weight is 372 g/mol. The van der Waals surface area contributed by atoms with Crippen molar-refractivity contribution >= 4 is 34.7 Å². The molecule has 9 heteroatoms. The van der Waals surface area contributed by atoms with Crippen LogP contribution in [0.1, 0.15) is 40.0 Å². The number of rotatable bonds is 9. The van der Waals surface area contributed by atoms with Crippen molar-refractivity contribution in [1.29, 1.82) is 0 Å². The van der Waals surface area contributed by atoms with Gasteiger partial charge in [-0.15, -0.1) is 5.10 Å². The molecule has 1 aliphatic heterocycles. The topological polar surface area (TPSA) is 111 Å². The maximum absolute atomic E-state index is 12.3. The summed E-state index contributed by atoms with van der Waals surface area (Å²) in [7, 11) is 1.85. The summed E-state index contributed by atoms with van der Waals surface area (Å²) in [6, 6.07) is -1.06. The second-order valence-electron chi connectivity index (χ2n) is 6.78. The van der Waals surface area contributed by atoms with E-state index in [0.29, 0.717) is 11.1 Å². The molecule has 0 aromatic rings. The lowest BCUT2D eigenvalue weighted by Crippen LogP contribution is -2.47. The molecule has 0 radical (unpaired) electrons. The molecule has 25 heavy (non-hydrogen) atoms. The summed E-state index contributed by atoms with van der Waals surface area (Å²) in [6.45, 7) is 6.99. The van der Waals surface area contributed by atoms with E-state index in [0.717, 1.165) is 25.1 Å². The standard InChI is InChI=1S/C16H28N4O4S/c1-10(2)5-6-11(3)9-12(17-16(23)24)13(21)14(22)18-19-15-20(4)7-8-25-15/h10-12,17H,5-9H2,1-4H3,(H,18,22)(H,23,24). The molecule has 0 aromatic heterocycles. The van der Waals surface area contributed by atoms with Crippen molar-refractivity contribution in [3.8, 4) is 0 Å². The van der Waals surface area contributed by atoms with Gasteiger partial charge in [0.25, 0.3) is 0 Å². The van der Waals surface area contributed by atoms with Crippen LogP contribution in [0.3, 0.4) is 0 Å². The normalized spacial score (nSPS) is 18.3. The fraction of sp³-hybridized carbons (Fsp3) is 0.750. The lowest BCUT2D eigenvalue weighted by molar-refractivity contribution is -0.139. The van der Waals surface area contributed by atoms with E-state index in [-0.39, 0.29) is 12.3 Å². The summed E-state index contributed by atoms with van der Waals surface area (Å²) in [6.07, 6.45) is 0.822. The van der Waals surface area contributed by atoms with Crippen molar-refractivity contribution in [1.82, 2.24) is 15.6 Å². The van der Waals surface area contributed by atoms with Crippen LogP contribution in [0, 0.1) is 11.8 Å². The van der Waals surface area contributed by atoms with Crippen LogP contribution in [0.15, 0.2) is 5.10 Å². The van der Waals surface area contributed by atoms with E-state index in [4.69, 9.17) is 5.11 Å². The minimum absolute atomic E-state index is 0.124. The van der Waals surface area contributed by atoms with Gasteiger partial charge in [-0.2, -0.15) is 0 Å². The lowest BCUT2D eigenvalue weighted by Gasteiger charge is -2.20. The first-order valence-corrected chi connectivity index (χ1v) is 9.44. The molecule has 3 N–H and O–H groups in total. The highest BCUT2D eigenvalue weighted by Gasteiger charge is 2.28. The van der Waals surface area contributed by atoms with Gasteiger partial charge >= 0.3 is 12.0 Å². The number of carbonyl (C=O) groups excluding carboxylic acids is 2. The zero-order valence-electron chi connectivity index (χ0n) is 15.2. The fourth-order valence-corrected chi connectivity index (χ4v) is 3.40. The Labute approximate surface area is 152 Å². The smallest absolute Gasteiger partial charge is 0.405 e. The van der Waals surface area contributed by atoms with E-state index >= 15 is 0 Å². The number of hydrogen-bond donors (Lipinski definition) is 3. The van der Waals surface area contributed by atoms with Gasteiger partial charge in [0.15, 0.2) is 5.17 Å². The molecule has 2 atom stereocenters. The Morgan fingerprint density at radius 3 is 2.48 bits per heavy atom. The average Bonchev–Trinajstić information content (AvgIpc) is 2.94. The predicted molar refractivity (Wildman–Crippen MR) is 98.5 cm³/mol. The molecule has 1 heterocycles. The van der Waals surface area contributed by atoms with Crippen LogP contribution in [-0.4, -0.2) is 58.3 Å². The van der Waals surface area contributed by atoms with Crippen molar-refractivity contribution in [3.05, 3.63) is 0 Å². The zero-order valence-corrected chi connectivity index (χ0v) is 16.1. The Kier molecular flexibility index (Phi) is 8.74. The van der Waals surface area contributed by atoms with E-state index in [1.165, 1.54) is 11.8 Å². The molecular weight excluding hydrogens is 344 g/mol. The van der Waals surface area contributed by atoms with Crippen LogP contribution >= 0.6 is 11.8 Å². The number of amides is 2. The van der Waals surface area contributed by atoms with Crippen LogP contribution in [-0.2, 0) is 9.59 Å². The molecule has 0 saturated carbocycles. The number of Topliss-reactive ketones (excluding diaryl/α,β-unsaturated/α-hetero) is 1. The van der Waals surface area contributed by atoms with Gasteiger partial charge in [0.2, 0.25) is 5.78 Å². The molecule has 0 spiro atoms.